The van der Waals surface area contributed by atoms with Crippen molar-refractivity contribution in [3.8, 4) is 0 Å². The summed E-state index contributed by atoms with van der Waals surface area (Å²) in [5.41, 5.74) is 4.82. The van der Waals surface area contributed by atoms with Crippen molar-refractivity contribution in [1.29, 1.82) is 0 Å². The molecule has 0 spiro atoms. The van der Waals surface area contributed by atoms with Crippen LogP contribution in [0.5, 0.6) is 0 Å². The summed E-state index contributed by atoms with van der Waals surface area (Å²) in [7, 11) is 0. The van der Waals surface area contributed by atoms with Gasteiger partial charge >= 0.3 is 0 Å². The summed E-state index contributed by atoms with van der Waals surface area (Å²) < 4.78 is 19.7. The molecule has 0 bridgehead atoms. The lowest BCUT2D eigenvalue weighted by molar-refractivity contribution is -0.119. The summed E-state index contributed by atoms with van der Waals surface area (Å²) in [4.78, 5) is 41.9. The Morgan fingerprint density at radius 2 is 1.91 bits per heavy atom. The number of fused-ring (bicyclic) bond motifs is 1. The number of halogens is 2. The fraction of sp³-hybridized carbons (Fsp3) is 0.0909. The molecule has 2 N–H and O–H groups in total. The van der Waals surface area contributed by atoms with Crippen LogP contribution in [0.3, 0.4) is 0 Å². The van der Waals surface area contributed by atoms with E-state index >= 15 is 0 Å². The molecule has 2 aromatic carbocycles. The summed E-state index contributed by atoms with van der Waals surface area (Å²) >= 11 is 7.06. The van der Waals surface area contributed by atoms with E-state index in [1.807, 2.05) is 0 Å². The van der Waals surface area contributed by atoms with Gasteiger partial charge < -0.3 is 4.42 Å². The van der Waals surface area contributed by atoms with Crippen LogP contribution in [0, 0.1) is 5.82 Å². The zero-order valence-corrected chi connectivity index (χ0v) is 18.5. The summed E-state index contributed by atoms with van der Waals surface area (Å²) in [5.74, 6) is -1.19. The molecular formula is C22H16ClFN4O4S. The molecule has 0 aliphatic heterocycles. The maximum absolute atomic E-state index is 13.1. The molecule has 0 aliphatic rings. The third-order valence-electron chi connectivity index (χ3n) is 4.53. The maximum Gasteiger partial charge on any atom is 0.269 e. The monoisotopic (exact) mass is 486 g/mol. The molecule has 0 radical (unpaired) electrons. The lowest BCUT2D eigenvalue weighted by atomic mass is 10.2. The molecule has 2 amide bonds. The molecule has 168 valence electrons. The van der Waals surface area contributed by atoms with Crippen molar-refractivity contribution in [3.63, 3.8) is 0 Å². The SMILES string of the molecule is O=C(CSc1nc2cc(Cl)ccc2c(=O)n1Cc1ccco1)NNC(=O)c1ccc(F)cc1. The first-order chi connectivity index (χ1) is 15.9. The number of rotatable bonds is 6. The lowest BCUT2D eigenvalue weighted by Gasteiger charge is -2.12. The van der Waals surface area contributed by atoms with Gasteiger partial charge in [0.25, 0.3) is 11.5 Å². The second-order valence-corrected chi connectivity index (χ2v) is 8.20. The van der Waals surface area contributed by atoms with E-state index < -0.39 is 17.6 Å². The van der Waals surface area contributed by atoms with Gasteiger partial charge in [0.2, 0.25) is 5.91 Å². The minimum Gasteiger partial charge on any atom is -0.467 e. The fourth-order valence-electron chi connectivity index (χ4n) is 2.95. The molecule has 0 fully saturated rings. The second kappa shape index (κ2) is 9.88. The van der Waals surface area contributed by atoms with E-state index in [2.05, 4.69) is 15.8 Å². The number of thioether (sulfide) groups is 1. The van der Waals surface area contributed by atoms with Crippen molar-refractivity contribution >= 4 is 46.1 Å². The number of carbonyl (C=O) groups excluding carboxylic acids is 2. The standard InChI is InChI=1S/C22H16ClFN4O4S/c23-14-5-8-17-18(10-14)25-22(28(21(17)31)11-16-2-1-9-32-16)33-12-19(29)26-27-20(30)13-3-6-15(24)7-4-13/h1-10H,11-12H2,(H,26,29)(H,27,30). The quantitative estimate of drug-likeness (QED) is 0.246. The topological polar surface area (TPSA) is 106 Å². The van der Waals surface area contributed by atoms with Crippen molar-refractivity contribution in [2.45, 2.75) is 11.7 Å². The van der Waals surface area contributed by atoms with Gasteiger partial charge in [-0.1, -0.05) is 23.4 Å². The van der Waals surface area contributed by atoms with E-state index in [0.717, 1.165) is 23.9 Å². The zero-order valence-electron chi connectivity index (χ0n) is 16.9. The van der Waals surface area contributed by atoms with Crippen LogP contribution in [-0.4, -0.2) is 27.1 Å². The molecule has 0 saturated heterocycles. The predicted molar refractivity (Wildman–Crippen MR) is 122 cm³/mol. The Morgan fingerprint density at radius 3 is 2.64 bits per heavy atom. The number of amides is 2. The van der Waals surface area contributed by atoms with Crippen molar-refractivity contribution in [3.05, 3.63) is 93.4 Å². The average molecular weight is 487 g/mol. The molecule has 0 atom stereocenters. The molecule has 0 unspecified atom stereocenters. The Morgan fingerprint density at radius 1 is 1.12 bits per heavy atom. The van der Waals surface area contributed by atoms with Gasteiger partial charge in [-0.15, -0.1) is 0 Å². The van der Waals surface area contributed by atoms with Crippen LogP contribution in [0.25, 0.3) is 10.9 Å². The molecule has 4 aromatic rings. The summed E-state index contributed by atoms with van der Waals surface area (Å²) in [6.07, 6.45) is 1.50. The summed E-state index contributed by atoms with van der Waals surface area (Å²) in [5, 5.41) is 1.09. The van der Waals surface area contributed by atoms with Crippen molar-refractivity contribution < 1.29 is 18.4 Å². The van der Waals surface area contributed by atoms with E-state index in [4.69, 9.17) is 16.0 Å². The van der Waals surface area contributed by atoms with Crippen LogP contribution in [0.2, 0.25) is 5.02 Å². The van der Waals surface area contributed by atoms with Crippen molar-refractivity contribution in [2.24, 2.45) is 0 Å². The number of benzene rings is 2. The van der Waals surface area contributed by atoms with Crippen LogP contribution in [0.1, 0.15) is 16.1 Å². The molecule has 11 heteroatoms. The molecule has 0 aliphatic carbocycles. The Labute approximate surface area is 195 Å². The van der Waals surface area contributed by atoms with E-state index in [0.29, 0.717) is 21.7 Å². The highest BCUT2D eigenvalue weighted by Crippen LogP contribution is 2.21. The van der Waals surface area contributed by atoms with Gasteiger partial charge in [0.1, 0.15) is 11.6 Å². The number of carbonyl (C=O) groups is 2. The first kappa shape index (κ1) is 22.6. The molecule has 8 nitrogen and oxygen atoms in total. The molecular weight excluding hydrogens is 471 g/mol. The highest BCUT2D eigenvalue weighted by atomic mass is 35.5. The highest BCUT2D eigenvalue weighted by Gasteiger charge is 2.15. The van der Waals surface area contributed by atoms with Crippen LogP contribution >= 0.6 is 23.4 Å². The predicted octanol–water partition coefficient (Wildman–Crippen LogP) is 3.38. The Kier molecular flexibility index (Phi) is 6.76. The number of hydrogen-bond acceptors (Lipinski definition) is 6. The van der Waals surface area contributed by atoms with Crippen molar-refractivity contribution in [1.82, 2.24) is 20.4 Å². The van der Waals surface area contributed by atoms with Gasteiger partial charge in [-0.3, -0.25) is 29.8 Å². The van der Waals surface area contributed by atoms with Gasteiger partial charge in [0, 0.05) is 10.6 Å². The van der Waals surface area contributed by atoms with Gasteiger partial charge in [-0.2, -0.15) is 0 Å². The fourth-order valence-corrected chi connectivity index (χ4v) is 3.91. The van der Waals surface area contributed by atoms with Crippen LogP contribution < -0.4 is 16.4 Å². The van der Waals surface area contributed by atoms with E-state index in [1.165, 1.54) is 23.0 Å². The van der Waals surface area contributed by atoms with Gasteiger partial charge in [0.05, 0.1) is 29.5 Å². The van der Waals surface area contributed by atoms with Gasteiger partial charge in [-0.25, -0.2) is 9.37 Å². The maximum atomic E-state index is 13.1. The molecule has 2 aromatic heterocycles. The first-order valence-corrected chi connectivity index (χ1v) is 11.0. The third kappa shape index (κ3) is 5.41. The highest BCUT2D eigenvalue weighted by molar-refractivity contribution is 7.99. The van der Waals surface area contributed by atoms with Gasteiger partial charge in [0.15, 0.2) is 5.16 Å². The summed E-state index contributed by atoms with van der Waals surface area (Å²) in [6.45, 7) is 0.128. The lowest BCUT2D eigenvalue weighted by Crippen LogP contribution is -2.42. The van der Waals surface area contributed by atoms with Gasteiger partial charge in [-0.05, 0) is 54.6 Å². The van der Waals surface area contributed by atoms with Crippen molar-refractivity contribution in [2.75, 3.05) is 5.75 Å². The molecule has 4 rings (SSSR count). The molecule has 33 heavy (non-hydrogen) atoms. The first-order valence-electron chi connectivity index (χ1n) is 9.61. The average Bonchev–Trinajstić information content (AvgIpc) is 3.32. The van der Waals surface area contributed by atoms with E-state index in [9.17, 15) is 18.8 Å². The number of nitrogens with zero attached hydrogens (tertiary/aromatic N) is 2. The van der Waals surface area contributed by atoms with Crippen LogP contribution in [-0.2, 0) is 11.3 Å². The molecule has 2 heterocycles. The Bertz CT molecular complexity index is 1370. The molecule has 0 saturated carbocycles. The minimum atomic E-state index is -0.596. The third-order valence-corrected chi connectivity index (χ3v) is 5.74. The largest absolute Gasteiger partial charge is 0.467 e. The number of hydrogen-bond donors (Lipinski definition) is 2. The second-order valence-electron chi connectivity index (χ2n) is 6.82. The minimum absolute atomic E-state index is 0.128. The van der Waals surface area contributed by atoms with E-state index in [-0.39, 0.29) is 28.6 Å². The number of aromatic nitrogens is 2. The van der Waals surface area contributed by atoms with Crippen LogP contribution in [0.15, 0.2) is 75.2 Å². The Hall–Kier alpha value is -3.63. The van der Waals surface area contributed by atoms with Crippen LogP contribution in [0.4, 0.5) is 4.39 Å². The Balaban J connectivity index is 1.49. The number of nitrogens with one attached hydrogen (secondary N) is 2. The van der Waals surface area contributed by atoms with E-state index in [1.54, 1.807) is 30.3 Å². The number of hydrazine groups is 1. The number of furan rings is 1. The smallest absolute Gasteiger partial charge is 0.269 e. The zero-order chi connectivity index (χ0) is 23.4. The summed E-state index contributed by atoms with van der Waals surface area (Å²) in [6, 6.07) is 13.1. The normalized spacial score (nSPS) is 10.8.